The molecular formula is C79H88F3N15O10. The standard InChI is InChI=1S/C79H88F3N15O10/c1-47-56(16-12-17-58(47)87-71(101)50-21-27-53(28-22-50)77(2,3)4)62-45-91(7)75(105)69(86-62)84-54-29-23-51(24-30-54)74(104)95-40-38-94(39-41-95)67(99)46-93(36-10-9-14-48-15-11-19-63-68(48)92(8)76(106)97(63)64-33-34-66(98)89-73(64)103)37-35-83-70(100)49-25-31-55(32-26-49)96-44-52-42-61(57(78(5,6)107)43-60(52)90-96)88-72(102)59-18-13-20-65(85-59)79(80,81)82/h11-13,15-24,27-30,42-45,49,55,64,107H,9-10,14,25-26,31-41,46H2,1-8H3,(H,83,100)(H,84,86)(H,87,101)(H,88,102)(H,89,98,103)/t49-,55-,64?. The van der Waals surface area contributed by atoms with Crippen LogP contribution in [0.2, 0.25) is 0 Å². The zero-order chi connectivity index (χ0) is 76.4. The number of unbranched alkanes of at least 4 members (excludes halogenated alkanes) is 1. The zero-order valence-corrected chi connectivity index (χ0v) is 61.1. The van der Waals surface area contributed by atoms with Crippen molar-refractivity contribution < 1.29 is 51.8 Å². The number of amides is 7. The van der Waals surface area contributed by atoms with Gasteiger partial charge in [0.1, 0.15) is 17.4 Å². The van der Waals surface area contributed by atoms with Gasteiger partial charge < -0.3 is 40.7 Å². The summed E-state index contributed by atoms with van der Waals surface area (Å²) in [7, 11) is 3.30. The molecule has 3 aliphatic rings. The number of pyridine rings is 1. The van der Waals surface area contributed by atoms with E-state index in [4.69, 9.17) is 10.1 Å². The predicted molar refractivity (Wildman–Crippen MR) is 399 cm³/mol. The molecule has 1 saturated carbocycles. The van der Waals surface area contributed by atoms with Crippen LogP contribution in [0.5, 0.6) is 0 Å². The van der Waals surface area contributed by atoms with E-state index in [0.717, 1.165) is 28.8 Å². The van der Waals surface area contributed by atoms with Crippen molar-refractivity contribution in [3.8, 4) is 11.3 Å². The summed E-state index contributed by atoms with van der Waals surface area (Å²) in [4.78, 5) is 135. The third-order valence-electron chi connectivity index (χ3n) is 20.5. The van der Waals surface area contributed by atoms with Crippen molar-refractivity contribution in [1.82, 2.24) is 58.8 Å². The minimum absolute atomic E-state index is 0.0390. The quantitative estimate of drug-likeness (QED) is 0.0272. The average Bonchev–Trinajstić information content (AvgIpc) is 1.62. The number of carbonyl (C=O) groups is 7. The van der Waals surface area contributed by atoms with Crippen molar-refractivity contribution >= 4 is 86.2 Å². The number of halogens is 3. The topological polar surface area (TPSA) is 302 Å². The molecule has 28 heteroatoms. The zero-order valence-electron chi connectivity index (χ0n) is 61.1. The molecule has 6 heterocycles. The van der Waals surface area contributed by atoms with Gasteiger partial charge in [0.25, 0.3) is 23.3 Å². The summed E-state index contributed by atoms with van der Waals surface area (Å²) < 4.78 is 46.7. The van der Waals surface area contributed by atoms with Crippen LogP contribution in [0.15, 0.2) is 137 Å². The van der Waals surface area contributed by atoms with Crippen molar-refractivity contribution in [1.29, 1.82) is 0 Å². The summed E-state index contributed by atoms with van der Waals surface area (Å²) in [5.41, 5.74) is 4.31. The number of nitrogens with one attached hydrogen (secondary N) is 5. The van der Waals surface area contributed by atoms with Crippen LogP contribution in [0.1, 0.15) is 157 Å². The molecule has 4 aromatic heterocycles. The van der Waals surface area contributed by atoms with Crippen LogP contribution in [-0.4, -0.2) is 147 Å². The van der Waals surface area contributed by atoms with Gasteiger partial charge in [-0.05, 0) is 174 Å². The number of alkyl halides is 3. The number of aliphatic hydroxyl groups is 1. The number of anilines is 4. The molecule has 5 aromatic carbocycles. The number of aryl methyl sites for hydroxylation is 3. The molecule has 560 valence electrons. The molecule has 12 rings (SSSR count). The van der Waals surface area contributed by atoms with E-state index in [0.29, 0.717) is 119 Å². The molecule has 3 fully saturated rings. The first kappa shape index (κ1) is 75.5. The summed E-state index contributed by atoms with van der Waals surface area (Å²) in [6.45, 7) is 13.5. The molecule has 0 radical (unpaired) electrons. The molecule has 1 unspecified atom stereocenters. The van der Waals surface area contributed by atoms with E-state index >= 15 is 0 Å². The van der Waals surface area contributed by atoms with Crippen LogP contribution in [0.3, 0.4) is 0 Å². The third kappa shape index (κ3) is 17.1. The van der Waals surface area contributed by atoms with Gasteiger partial charge in [0.05, 0.1) is 40.4 Å². The first-order chi connectivity index (χ1) is 50.9. The number of hydrogen-bond acceptors (Lipinski definition) is 15. The van der Waals surface area contributed by atoms with Gasteiger partial charge in [0.15, 0.2) is 5.82 Å². The fourth-order valence-corrected chi connectivity index (χ4v) is 14.4. The predicted octanol–water partition coefficient (Wildman–Crippen LogP) is 10.1. The largest absolute Gasteiger partial charge is 0.433 e. The van der Waals surface area contributed by atoms with Gasteiger partial charge in [0.2, 0.25) is 23.6 Å². The highest BCUT2D eigenvalue weighted by Crippen LogP contribution is 2.38. The highest BCUT2D eigenvalue weighted by molar-refractivity contribution is 6.06. The van der Waals surface area contributed by atoms with Crippen LogP contribution in [0.25, 0.3) is 33.2 Å². The Bertz CT molecular complexity index is 5030. The molecule has 9 aromatic rings. The van der Waals surface area contributed by atoms with Crippen LogP contribution >= 0.6 is 0 Å². The van der Waals surface area contributed by atoms with Crippen LogP contribution in [-0.2, 0) is 56.9 Å². The lowest BCUT2D eigenvalue weighted by atomic mass is 9.85. The number of para-hydroxylation sites is 1. The Morgan fingerprint density at radius 2 is 1.40 bits per heavy atom. The van der Waals surface area contributed by atoms with Crippen molar-refractivity contribution in [2.24, 2.45) is 20.0 Å². The molecule has 2 saturated heterocycles. The Balaban J connectivity index is 0.665. The second-order valence-corrected chi connectivity index (χ2v) is 29.5. The lowest BCUT2D eigenvalue weighted by Crippen LogP contribution is -2.53. The second-order valence-electron chi connectivity index (χ2n) is 29.5. The number of imidazole rings is 1. The second kappa shape index (κ2) is 31.1. The maximum Gasteiger partial charge on any atom is 0.433 e. The molecule has 7 amide bonds. The minimum Gasteiger partial charge on any atom is -0.386 e. The molecule has 0 bridgehead atoms. The highest BCUT2D eigenvalue weighted by atomic mass is 19.4. The number of piperidine rings is 1. The smallest absolute Gasteiger partial charge is 0.386 e. The van der Waals surface area contributed by atoms with Gasteiger partial charge >= 0.3 is 11.9 Å². The molecule has 1 aliphatic carbocycles. The van der Waals surface area contributed by atoms with Gasteiger partial charge in [-0.2, -0.15) is 18.3 Å². The van der Waals surface area contributed by atoms with E-state index in [1.54, 1.807) is 78.8 Å². The van der Waals surface area contributed by atoms with E-state index in [1.165, 1.54) is 33.6 Å². The number of imide groups is 1. The normalized spacial score (nSPS) is 16.6. The van der Waals surface area contributed by atoms with Gasteiger partial charge in [-0.1, -0.05) is 63.2 Å². The number of fused-ring (bicyclic) bond motifs is 2. The van der Waals surface area contributed by atoms with Crippen molar-refractivity contribution in [2.75, 3.05) is 68.3 Å². The highest BCUT2D eigenvalue weighted by Gasteiger charge is 2.36. The Morgan fingerprint density at radius 3 is 2.09 bits per heavy atom. The Kier molecular flexibility index (Phi) is 22.0. The Hall–Kier alpha value is -11.1. The van der Waals surface area contributed by atoms with Crippen LogP contribution in [0.4, 0.5) is 36.1 Å². The molecule has 25 nitrogen and oxygen atoms in total. The fourth-order valence-electron chi connectivity index (χ4n) is 14.4. The maximum atomic E-state index is 14.3. The number of piperazine rings is 1. The summed E-state index contributed by atoms with van der Waals surface area (Å²) in [5.74, 6) is -2.79. The summed E-state index contributed by atoms with van der Waals surface area (Å²) in [6.07, 6.45) is 3.19. The molecule has 2 aliphatic heterocycles. The monoisotopic (exact) mass is 1460 g/mol. The van der Waals surface area contributed by atoms with Crippen molar-refractivity contribution in [3.05, 3.63) is 193 Å². The van der Waals surface area contributed by atoms with Gasteiger partial charge in [-0.25, -0.2) is 14.8 Å². The third-order valence-corrected chi connectivity index (χ3v) is 20.5. The molecule has 0 spiro atoms. The van der Waals surface area contributed by atoms with E-state index in [9.17, 15) is 61.4 Å². The van der Waals surface area contributed by atoms with E-state index in [1.807, 2.05) is 71.1 Å². The SMILES string of the molecule is Cc1c(NC(=O)c2ccc(C(C)(C)C)cc2)cccc1-c1cn(C)c(=O)c(Nc2ccc(C(=O)N3CCN(C(=O)CN(CCCCc4cccc5c4n(C)c(=O)n5C4CCC(=O)NC4=O)CCNC(=O)[C@H]4CC[C@H](n5cc6cc(NC(=O)c7cccc(C(F)(F)F)n7)c(C(C)(C)O)cc6n5)CC4)CC3)cc2)n1. The van der Waals surface area contributed by atoms with E-state index < -0.39 is 41.0 Å². The number of carbonyl (C=O) groups excluding carboxylic acids is 7. The molecule has 1 atom stereocenters. The van der Waals surface area contributed by atoms with E-state index in [2.05, 4.69) is 52.3 Å². The number of aromatic nitrogens is 7. The van der Waals surface area contributed by atoms with Gasteiger partial charge in [0, 0.05) is 123 Å². The van der Waals surface area contributed by atoms with Crippen LogP contribution in [0, 0.1) is 12.8 Å². The maximum absolute atomic E-state index is 14.3. The van der Waals surface area contributed by atoms with E-state index in [-0.39, 0.29) is 122 Å². The van der Waals surface area contributed by atoms with Crippen molar-refractivity contribution in [2.45, 2.75) is 129 Å². The Morgan fingerprint density at radius 1 is 0.720 bits per heavy atom. The summed E-state index contributed by atoms with van der Waals surface area (Å²) in [5, 5.41) is 30.9. The number of nitrogens with zero attached hydrogens (tertiary/aromatic N) is 10. The molecule has 6 N–H and O–H groups in total. The number of benzene rings is 5. The number of hydrogen-bond donors (Lipinski definition) is 6. The van der Waals surface area contributed by atoms with Crippen molar-refractivity contribution in [3.63, 3.8) is 0 Å². The fraction of sp³-hybridized carbons (Fsp3) is 0.392. The first-order valence-electron chi connectivity index (χ1n) is 36.0. The van der Waals surface area contributed by atoms with Gasteiger partial charge in [-0.3, -0.25) is 62.4 Å². The Labute approximate surface area is 615 Å². The van der Waals surface area contributed by atoms with Crippen LogP contribution < -0.4 is 37.8 Å². The number of rotatable bonds is 22. The average molecular weight is 1460 g/mol. The molecule has 107 heavy (non-hydrogen) atoms. The molecular weight excluding hydrogens is 1380 g/mol. The summed E-state index contributed by atoms with van der Waals surface area (Å²) in [6, 6.07) is 30.7. The van der Waals surface area contributed by atoms with Gasteiger partial charge in [-0.15, -0.1) is 0 Å². The lowest BCUT2D eigenvalue weighted by molar-refractivity contribution is -0.141. The lowest BCUT2D eigenvalue weighted by Gasteiger charge is -2.36. The minimum atomic E-state index is -4.76. The summed E-state index contributed by atoms with van der Waals surface area (Å²) >= 11 is 0. The first-order valence-corrected chi connectivity index (χ1v) is 36.0.